The number of methoxy groups -OCH3 is 1. The molecule has 0 bridgehead atoms. The van der Waals surface area contributed by atoms with E-state index in [-0.39, 0.29) is 17.3 Å². The number of allylic oxidation sites excluding steroid dienone is 3. The van der Waals surface area contributed by atoms with E-state index in [1.54, 1.807) is 6.07 Å². The third-order valence-electron chi connectivity index (χ3n) is 5.93. The van der Waals surface area contributed by atoms with Crippen molar-refractivity contribution >= 4 is 29.0 Å². The molecule has 0 fully saturated rings. The van der Waals surface area contributed by atoms with Gasteiger partial charge in [0.1, 0.15) is 0 Å². The lowest BCUT2D eigenvalue weighted by atomic mass is 9.83. The zero-order valence-electron chi connectivity index (χ0n) is 18.3. The van der Waals surface area contributed by atoms with E-state index in [0.29, 0.717) is 16.8 Å². The standard InChI is InChI=1S/C25H25N3O3/c1-16-19(23(29)28(26-16)18-9-7-6-8-10-18)12-14-22-25(2,3)20-15-17(24(30)31-5)11-13-21(20)27(22)4/h6-15H,1-5H3/b19-12-,22-14+. The summed E-state index contributed by atoms with van der Waals surface area (Å²) in [5.74, 6) is -0.505. The van der Waals surface area contributed by atoms with Crippen molar-refractivity contribution in [2.24, 2.45) is 5.10 Å². The molecule has 0 unspecified atom stereocenters. The number of fused-ring (bicyclic) bond motifs is 1. The molecule has 2 heterocycles. The number of carbonyl (C=O) groups excluding carboxylic acids is 2. The topological polar surface area (TPSA) is 62.2 Å². The van der Waals surface area contributed by atoms with Crippen LogP contribution in [0, 0.1) is 0 Å². The first kappa shape index (κ1) is 20.6. The minimum atomic E-state index is -0.356. The van der Waals surface area contributed by atoms with Crippen LogP contribution in [0.2, 0.25) is 0 Å². The molecule has 0 aromatic heterocycles. The molecule has 0 saturated heterocycles. The Morgan fingerprint density at radius 1 is 1.10 bits per heavy atom. The summed E-state index contributed by atoms with van der Waals surface area (Å²) < 4.78 is 4.87. The third kappa shape index (κ3) is 3.34. The molecule has 0 N–H and O–H groups in total. The van der Waals surface area contributed by atoms with Gasteiger partial charge in [0.2, 0.25) is 0 Å². The molecular formula is C25H25N3O3. The number of anilines is 2. The van der Waals surface area contributed by atoms with Crippen LogP contribution in [0.15, 0.2) is 77.1 Å². The summed E-state index contributed by atoms with van der Waals surface area (Å²) in [5, 5.41) is 5.87. The summed E-state index contributed by atoms with van der Waals surface area (Å²) >= 11 is 0. The molecular weight excluding hydrogens is 390 g/mol. The number of carbonyl (C=O) groups is 2. The van der Waals surface area contributed by atoms with Crippen molar-refractivity contribution in [3.8, 4) is 0 Å². The van der Waals surface area contributed by atoms with E-state index >= 15 is 0 Å². The summed E-state index contributed by atoms with van der Waals surface area (Å²) in [6.45, 7) is 6.05. The van der Waals surface area contributed by atoms with Gasteiger partial charge >= 0.3 is 5.97 Å². The molecule has 6 heteroatoms. The third-order valence-corrected chi connectivity index (χ3v) is 5.93. The SMILES string of the molecule is COC(=O)c1ccc2c(c1)C(C)(C)/C(=C\C=C1/C(=O)N(c3ccccc3)N=C1C)N2C. The van der Waals surface area contributed by atoms with E-state index in [9.17, 15) is 9.59 Å². The number of likely N-dealkylation sites (N-methyl/N-ethyl adjacent to an activating group) is 1. The predicted octanol–water partition coefficient (Wildman–Crippen LogP) is 4.43. The van der Waals surface area contributed by atoms with Crippen molar-refractivity contribution in [3.05, 3.63) is 83.1 Å². The second-order valence-electron chi connectivity index (χ2n) is 8.18. The Hall–Kier alpha value is -3.67. The normalized spacial score (nSPS) is 19.8. The van der Waals surface area contributed by atoms with E-state index in [0.717, 1.165) is 22.6 Å². The molecule has 2 aromatic carbocycles. The van der Waals surface area contributed by atoms with E-state index < -0.39 is 0 Å². The molecule has 2 aromatic rings. The van der Waals surface area contributed by atoms with E-state index in [1.807, 2.05) is 68.6 Å². The van der Waals surface area contributed by atoms with Crippen LogP contribution in [0.5, 0.6) is 0 Å². The van der Waals surface area contributed by atoms with Gasteiger partial charge in [-0.05, 0) is 55.0 Å². The lowest BCUT2D eigenvalue weighted by molar-refractivity contribution is -0.114. The number of hydrogen-bond donors (Lipinski definition) is 0. The van der Waals surface area contributed by atoms with Crippen molar-refractivity contribution in [1.29, 1.82) is 0 Å². The number of benzene rings is 2. The average molecular weight is 415 g/mol. The Bertz CT molecular complexity index is 1160. The quantitative estimate of drug-likeness (QED) is 0.549. The van der Waals surface area contributed by atoms with Crippen molar-refractivity contribution in [2.75, 3.05) is 24.1 Å². The Kier molecular flexibility index (Phi) is 5.01. The fourth-order valence-corrected chi connectivity index (χ4v) is 4.20. The number of nitrogens with zero attached hydrogens (tertiary/aromatic N) is 3. The molecule has 0 radical (unpaired) electrons. The molecule has 0 saturated carbocycles. The summed E-state index contributed by atoms with van der Waals surface area (Å²) in [6, 6.07) is 15.0. The minimum Gasteiger partial charge on any atom is -0.465 e. The van der Waals surface area contributed by atoms with Crippen LogP contribution in [0.4, 0.5) is 11.4 Å². The number of amides is 1. The predicted molar refractivity (Wildman–Crippen MR) is 122 cm³/mol. The molecule has 0 spiro atoms. The first-order valence-electron chi connectivity index (χ1n) is 10.1. The van der Waals surface area contributed by atoms with Crippen LogP contribution in [-0.2, 0) is 14.9 Å². The fourth-order valence-electron chi connectivity index (χ4n) is 4.20. The van der Waals surface area contributed by atoms with Crippen LogP contribution >= 0.6 is 0 Å². The molecule has 0 aliphatic carbocycles. The summed E-state index contributed by atoms with van der Waals surface area (Å²) in [5.41, 5.74) is 5.24. The Labute approximate surface area is 182 Å². The Balaban J connectivity index is 1.69. The maximum Gasteiger partial charge on any atom is 0.337 e. The lowest BCUT2D eigenvalue weighted by Crippen LogP contribution is -2.23. The van der Waals surface area contributed by atoms with Gasteiger partial charge < -0.3 is 9.64 Å². The molecule has 2 aliphatic rings. The van der Waals surface area contributed by atoms with Crippen LogP contribution in [0.3, 0.4) is 0 Å². The van der Waals surface area contributed by atoms with E-state index in [4.69, 9.17) is 4.74 Å². The zero-order valence-corrected chi connectivity index (χ0v) is 18.3. The minimum absolute atomic E-state index is 0.149. The van der Waals surface area contributed by atoms with Gasteiger partial charge in [0.25, 0.3) is 5.91 Å². The highest BCUT2D eigenvalue weighted by Gasteiger charge is 2.39. The van der Waals surface area contributed by atoms with Crippen LogP contribution in [0.25, 0.3) is 0 Å². The van der Waals surface area contributed by atoms with Gasteiger partial charge in [-0.1, -0.05) is 32.0 Å². The Morgan fingerprint density at radius 3 is 2.48 bits per heavy atom. The van der Waals surface area contributed by atoms with Crippen molar-refractivity contribution in [2.45, 2.75) is 26.2 Å². The summed E-state index contributed by atoms with van der Waals surface area (Å²) in [7, 11) is 3.37. The van der Waals surface area contributed by atoms with Crippen molar-refractivity contribution in [1.82, 2.24) is 0 Å². The van der Waals surface area contributed by atoms with Crippen LogP contribution < -0.4 is 9.91 Å². The lowest BCUT2D eigenvalue weighted by Gasteiger charge is -2.23. The number of hydrazone groups is 1. The van der Waals surface area contributed by atoms with Gasteiger partial charge in [-0.3, -0.25) is 4.79 Å². The van der Waals surface area contributed by atoms with Crippen molar-refractivity contribution < 1.29 is 14.3 Å². The monoisotopic (exact) mass is 415 g/mol. The highest BCUT2D eigenvalue weighted by molar-refractivity contribution is 6.29. The number of rotatable bonds is 3. The molecule has 4 rings (SSSR count). The number of ether oxygens (including phenoxy) is 1. The first-order chi connectivity index (χ1) is 14.8. The van der Waals surface area contributed by atoms with Gasteiger partial charge in [-0.25, -0.2) is 4.79 Å². The smallest absolute Gasteiger partial charge is 0.337 e. The molecule has 158 valence electrons. The molecule has 2 aliphatic heterocycles. The molecule has 0 atom stereocenters. The molecule has 31 heavy (non-hydrogen) atoms. The van der Waals surface area contributed by atoms with E-state index in [1.165, 1.54) is 12.1 Å². The maximum absolute atomic E-state index is 13.0. The van der Waals surface area contributed by atoms with E-state index in [2.05, 4.69) is 23.8 Å². The number of esters is 1. The average Bonchev–Trinajstić information content (AvgIpc) is 3.16. The fraction of sp³-hybridized carbons (Fsp3) is 0.240. The number of para-hydroxylation sites is 1. The molecule has 1 amide bonds. The largest absolute Gasteiger partial charge is 0.465 e. The van der Waals surface area contributed by atoms with Crippen molar-refractivity contribution in [3.63, 3.8) is 0 Å². The second kappa shape index (κ2) is 7.54. The van der Waals surface area contributed by atoms with Gasteiger partial charge in [0.05, 0.1) is 29.6 Å². The summed E-state index contributed by atoms with van der Waals surface area (Å²) in [4.78, 5) is 27.1. The van der Waals surface area contributed by atoms with Gasteiger partial charge in [0, 0.05) is 23.8 Å². The highest BCUT2D eigenvalue weighted by Crippen LogP contribution is 2.47. The van der Waals surface area contributed by atoms with Crippen LogP contribution in [0.1, 0.15) is 36.7 Å². The zero-order chi connectivity index (χ0) is 22.3. The second-order valence-corrected chi connectivity index (χ2v) is 8.18. The van der Waals surface area contributed by atoms with Gasteiger partial charge in [-0.15, -0.1) is 0 Å². The maximum atomic E-state index is 13.0. The van der Waals surface area contributed by atoms with Crippen LogP contribution in [-0.4, -0.2) is 31.7 Å². The van der Waals surface area contributed by atoms with Gasteiger partial charge in [-0.2, -0.15) is 10.1 Å². The summed E-state index contributed by atoms with van der Waals surface area (Å²) in [6.07, 6.45) is 3.81. The highest BCUT2D eigenvalue weighted by atomic mass is 16.5. The van der Waals surface area contributed by atoms with Gasteiger partial charge in [0.15, 0.2) is 0 Å². The Morgan fingerprint density at radius 2 is 1.81 bits per heavy atom. The molecule has 6 nitrogen and oxygen atoms in total. The number of hydrogen-bond acceptors (Lipinski definition) is 5. The first-order valence-corrected chi connectivity index (χ1v) is 10.1.